The Labute approximate surface area is 114 Å². The summed E-state index contributed by atoms with van der Waals surface area (Å²) in [4.78, 5) is 2.41. The summed E-state index contributed by atoms with van der Waals surface area (Å²) < 4.78 is 10.6. The monoisotopic (exact) mass is 265 g/mol. The second-order valence-electron chi connectivity index (χ2n) is 5.01. The summed E-state index contributed by atoms with van der Waals surface area (Å²) >= 11 is 0. The van der Waals surface area contributed by atoms with Crippen molar-refractivity contribution < 1.29 is 14.6 Å². The lowest BCUT2D eigenvalue weighted by molar-refractivity contribution is 0.246. The van der Waals surface area contributed by atoms with Gasteiger partial charge in [-0.3, -0.25) is 0 Å². The molecule has 1 unspecified atom stereocenters. The Morgan fingerprint density at radius 2 is 1.89 bits per heavy atom. The molecule has 1 atom stereocenters. The van der Waals surface area contributed by atoms with Crippen LogP contribution in [0.1, 0.15) is 24.3 Å². The maximum atomic E-state index is 8.89. The van der Waals surface area contributed by atoms with Crippen LogP contribution in [0.15, 0.2) is 18.2 Å². The maximum absolute atomic E-state index is 8.89. The molecule has 0 saturated carbocycles. The summed E-state index contributed by atoms with van der Waals surface area (Å²) in [5, 5.41) is 8.89. The first kappa shape index (κ1) is 14.2. The average Bonchev–Trinajstić information content (AvgIpc) is 2.93. The zero-order valence-corrected chi connectivity index (χ0v) is 11.8. The van der Waals surface area contributed by atoms with Crippen LogP contribution >= 0.6 is 0 Å². The number of likely N-dealkylation sites (tertiary alicyclic amines) is 1. The van der Waals surface area contributed by atoms with E-state index in [0.717, 1.165) is 44.0 Å². The van der Waals surface area contributed by atoms with Crippen molar-refractivity contribution >= 4 is 0 Å². The molecule has 4 nitrogen and oxygen atoms in total. The van der Waals surface area contributed by atoms with E-state index in [-0.39, 0.29) is 6.61 Å². The number of hydrogen-bond donors (Lipinski definition) is 1. The third kappa shape index (κ3) is 3.61. The molecule has 1 aromatic carbocycles. The van der Waals surface area contributed by atoms with Gasteiger partial charge in [-0.15, -0.1) is 0 Å². The van der Waals surface area contributed by atoms with Crippen LogP contribution in [-0.4, -0.2) is 50.5 Å². The Balaban J connectivity index is 2.05. The predicted octanol–water partition coefficient (Wildman–Crippen LogP) is 1.88. The van der Waals surface area contributed by atoms with E-state index in [1.165, 1.54) is 5.56 Å². The minimum absolute atomic E-state index is 0.272. The Bertz CT molecular complexity index is 386. The minimum Gasteiger partial charge on any atom is -0.497 e. The third-order valence-electron chi connectivity index (χ3n) is 3.75. The Morgan fingerprint density at radius 1 is 1.21 bits per heavy atom. The molecule has 0 spiro atoms. The highest BCUT2D eigenvalue weighted by Crippen LogP contribution is 2.32. The summed E-state index contributed by atoms with van der Waals surface area (Å²) in [6.45, 7) is 3.41. The normalized spacial score (nSPS) is 19.6. The van der Waals surface area contributed by atoms with E-state index in [0.29, 0.717) is 5.92 Å². The molecule has 0 radical (unpaired) electrons. The van der Waals surface area contributed by atoms with Crippen LogP contribution in [0.3, 0.4) is 0 Å². The molecule has 4 heteroatoms. The van der Waals surface area contributed by atoms with E-state index in [1.54, 1.807) is 14.2 Å². The van der Waals surface area contributed by atoms with E-state index in [2.05, 4.69) is 17.0 Å². The lowest BCUT2D eigenvalue weighted by Gasteiger charge is -2.16. The fourth-order valence-electron chi connectivity index (χ4n) is 2.67. The van der Waals surface area contributed by atoms with E-state index in [4.69, 9.17) is 14.6 Å². The highest BCUT2D eigenvalue weighted by atomic mass is 16.5. The summed E-state index contributed by atoms with van der Waals surface area (Å²) in [5.74, 6) is 2.23. The molecule has 1 heterocycles. The molecule has 0 aromatic heterocycles. The van der Waals surface area contributed by atoms with Crippen molar-refractivity contribution in [3.8, 4) is 11.5 Å². The van der Waals surface area contributed by atoms with Crippen molar-refractivity contribution in [3.05, 3.63) is 23.8 Å². The topological polar surface area (TPSA) is 41.9 Å². The second kappa shape index (κ2) is 6.78. The van der Waals surface area contributed by atoms with E-state index >= 15 is 0 Å². The number of ether oxygens (including phenoxy) is 2. The number of hydrogen-bond acceptors (Lipinski definition) is 4. The van der Waals surface area contributed by atoms with Gasteiger partial charge in [-0.25, -0.2) is 0 Å². The number of methoxy groups -OCH3 is 2. The number of aliphatic hydroxyl groups excluding tert-OH is 1. The lowest BCUT2D eigenvalue weighted by atomic mass is 9.98. The number of benzene rings is 1. The quantitative estimate of drug-likeness (QED) is 0.852. The number of nitrogens with zero attached hydrogens (tertiary/aromatic N) is 1. The molecular weight excluding hydrogens is 242 g/mol. The van der Waals surface area contributed by atoms with Crippen LogP contribution in [0.25, 0.3) is 0 Å². The second-order valence-corrected chi connectivity index (χ2v) is 5.01. The molecule has 19 heavy (non-hydrogen) atoms. The van der Waals surface area contributed by atoms with Gasteiger partial charge in [-0.2, -0.15) is 0 Å². The molecule has 0 bridgehead atoms. The van der Waals surface area contributed by atoms with Gasteiger partial charge in [0.05, 0.1) is 14.2 Å². The largest absolute Gasteiger partial charge is 0.497 e. The highest BCUT2D eigenvalue weighted by Gasteiger charge is 2.24. The average molecular weight is 265 g/mol. The summed E-state index contributed by atoms with van der Waals surface area (Å²) in [7, 11) is 3.36. The van der Waals surface area contributed by atoms with Gasteiger partial charge in [0, 0.05) is 25.8 Å². The predicted molar refractivity (Wildman–Crippen MR) is 75.0 cm³/mol. The van der Waals surface area contributed by atoms with Crippen molar-refractivity contribution in [2.24, 2.45) is 0 Å². The molecule has 0 aliphatic carbocycles. The summed E-state index contributed by atoms with van der Waals surface area (Å²) in [6.07, 6.45) is 2.01. The van der Waals surface area contributed by atoms with Crippen molar-refractivity contribution in [2.45, 2.75) is 18.8 Å². The first-order valence-electron chi connectivity index (χ1n) is 6.83. The van der Waals surface area contributed by atoms with Crippen molar-refractivity contribution in [1.82, 2.24) is 4.90 Å². The van der Waals surface area contributed by atoms with Crippen LogP contribution in [0.4, 0.5) is 0 Å². The molecular formula is C15H23NO3. The van der Waals surface area contributed by atoms with Crippen LogP contribution in [0.2, 0.25) is 0 Å². The standard InChI is InChI=1S/C15H23NO3/c1-18-14-8-13(9-15(10-14)19-2)12-4-6-16(11-12)5-3-7-17/h8-10,12,17H,3-7,11H2,1-2H3. The number of aliphatic hydroxyl groups is 1. The van der Waals surface area contributed by atoms with Crippen LogP contribution in [-0.2, 0) is 0 Å². The molecule has 1 saturated heterocycles. The van der Waals surface area contributed by atoms with E-state index < -0.39 is 0 Å². The third-order valence-corrected chi connectivity index (χ3v) is 3.75. The molecule has 1 aliphatic heterocycles. The summed E-state index contributed by atoms with van der Waals surface area (Å²) in [6, 6.07) is 6.10. The molecule has 106 valence electrons. The lowest BCUT2D eigenvalue weighted by Crippen LogP contribution is -2.22. The van der Waals surface area contributed by atoms with Gasteiger partial charge in [-0.05, 0) is 43.0 Å². The molecule has 1 aromatic rings. The molecule has 2 rings (SSSR count). The molecule has 1 aliphatic rings. The Morgan fingerprint density at radius 3 is 2.47 bits per heavy atom. The fourth-order valence-corrected chi connectivity index (χ4v) is 2.67. The van der Waals surface area contributed by atoms with Gasteiger partial charge in [0.1, 0.15) is 11.5 Å². The molecule has 0 amide bonds. The van der Waals surface area contributed by atoms with Gasteiger partial charge in [0.15, 0.2) is 0 Å². The van der Waals surface area contributed by atoms with Crippen LogP contribution in [0.5, 0.6) is 11.5 Å². The zero-order valence-electron chi connectivity index (χ0n) is 11.8. The zero-order chi connectivity index (χ0) is 13.7. The van der Waals surface area contributed by atoms with Gasteiger partial charge in [0.25, 0.3) is 0 Å². The van der Waals surface area contributed by atoms with E-state index in [1.807, 2.05) is 6.07 Å². The molecule has 1 fully saturated rings. The van der Waals surface area contributed by atoms with Crippen molar-refractivity contribution in [3.63, 3.8) is 0 Å². The van der Waals surface area contributed by atoms with Crippen molar-refractivity contribution in [1.29, 1.82) is 0 Å². The minimum atomic E-state index is 0.272. The van der Waals surface area contributed by atoms with Gasteiger partial charge < -0.3 is 19.5 Å². The first-order valence-corrected chi connectivity index (χ1v) is 6.83. The van der Waals surface area contributed by atoms with Gasteiger partial charge in [-0.1, -0.05) is 0 Å². The smallest absolute Gasteiger partial charge is 0.122 e. The molecule has 1 N–H and O–H groups in total. The van der Waals surface area contributed by atoms with Crippen LogP contribution < -0.4 is 9.47 Å². The SMILES string of the molecule is COc1cc(OC)cc(C2CCN(CCCO)C2)c1. The first-order chi connectivity index (χ1) is 9.26. The van der Waals surface area contributed by atoms with Crippen molar-refractivity contribution in [2.75, 3.05) is 40.5 Å². The fraction of sp³-hybridized carbons (Fsp3) is 0.600. The Hall–Kier alpha value is -1.26. The Kier molecular flexibility index (Phi) is 5.05. The van der Waals surface area contributed by atoms with Crippen LogP contribution in [0, 0.1) is 0 Å². The van der Waals surface area contributed by atoms with E-state index in [9.17, 15) is 0 Å². The summed E-state index contributed by atoms with van der Waals surface area (Å²) in [5.41, 5.74) is 1.28. The van der Waals surface area contributed by atoms with Gasteiger partial charge >= 0.3 is 0 Å². The van der Waals surface area contributed by atoms with Gasteiger partial charge in [0.2, 0.25) is 0 Å². The number of rotatable bonds is 6. The maximum Gasteiger partial charge on any atom is 0.122 e. The highest BCUT2D eigenvalue weighted by molar-refractivity contribution is 5.40.